The van der Waals surface area contributed by atoms with Crippen molar-refractivity contribution >= 4 is 5.78 Å². The molecule has 3 heteroatoms. The Morgan fingerprint density at radius 1 is 1.16 bits per heavy atom. The third kappa shape index (κ3) is 2.99. The van der Waals surface area contributed by atoms with E-state index in [1.807, 2.05) is 6.92 Å². The molecule has 0 spiro atoms. The fourth-order valence-corrected chi connectivity index (χ4v) is 1.91. The number of ether oxygens (including phenoxy) is 1. The van der Waals surface area contributed by atoms with Crippen LogP contribution in [0.15, 0.2) is 42.5 Å². The lowest BCUT2D eigenvalue weighted by atomic mass is 9.99. The van der Waals surface area contributed by atoms with Crippen LogP contribution < -0.4 is 4.74 Å². The van der Waals surface area contributed by atoms with Crippen molar-refractivity contribution in [2.75, 3.05) is 6.61 Å². The predicted octanol–water partition coefficient (Wildman–Crippen LogP) is 3.76. The van der Waals surface area contributed by atoms with Gasteiger partial charge in [-0.05, 0) is 61.9 Å². The highest BCUT2D eigenvalue weighted by molar-refractivity contribution is 6.09. The summed E-state index contributed by atoms with van der Waals surface area (Å²) in [6.45, 7) is 4.22. The Labute approximate surface area is 111 Å². The molecule has 2 nitrogen and oxygen atoms in total. The van der Waals surface area contributed by atoms with Crippen LogP contribution in [0.1, 0.15) is 28.4 Å². The van der Waals surface area contributed by atoms with E-state index in [0.29, 0.717) is 23.3 Å². The average molecular weight is 258 g/mol. The highest BCUT2D eigenvalue weighted by Crippen LogP contribution is 2.18. The van der Waals surface area contributed by atoms with Crippen LogP contribution in [-0.4, -0.2) is 12.4 Å². The molecule has 98 valence electrons. The van der Waals surface area contributed by atoms with E-state index < -0.39 is 0 Å². The van der Waals surface area contributed by atoms with Crippen LogP contribution in [0.25, 0.3) is 0 Å². The average Bonchev–Trinajstić information content (AvgIpc) is 2.39. The van der Waals surface area contributed by atoms with Gasteiger partial charge in [-0.25, -0.2) is 4.39 Å². The molecule has 0 saturated heterocycles. The lowest BCUT2D eigenvalue weighted by molar-refractivity contribution is 0.103. The zero-order valence-electron chi connectivity index (χ0n) is 10.9. The van der Waals surface area contributed by atoms with Gasteiger partial charge in [0.25, 0.3) is 0 Å². The second-order valence-corrected chi connectivity index (χ2v) is 4.25. The number of rotatable bonds is 4. The quantitative estimate of drug-likeness (QED) is 0.780. The summed E-state index contributed by atoms with van der Waals surface area (Å²) >= 11 is 0. The Morgan fingerprint density at radius 3 is 2.42 bits per heavy atom. The van der Waals surface area contributed by atoms with Gasteiger partial charge in [0.05, 0.1) is 6.61 Å². The minimum atomic E-state index is -0.333. The van der Waals surface area contributed by atoms with Crippen molar-refractivity contribution < 1.29 is 13.9 Å². The minimum absolute atomic E-state index is 0.111. The van der Waals surface area contributed by atoms with E-state index in [2.05, 4.69) is 0 Å². The van der Waals surface area contributed by atoms with Crippen LogP contribution in [0, 0.1) is 12.7 Å². The Bertz CT molecular complexity index is 588. The molecular weight excluding hydrogens is 243 g/mol. The van der Waals surface area contributed by atoms with E-state index in [-0.39, 0.29) is 11.6 Å². The fourth-order valence-electron chi connectivity index (χ4n) is 1.91. The molecule has 0 N–H and O–H groups in total. The number of aryl methyl sites for hydroxylation is 1. The molecule has 0 radical (unpaired) electrons. The number of carbonyl (C=O) groups is 1. The van der Waals surface area contributed by atoms with Crippen molar-refractivity contribution in [1.82, 2.24) is 0 Å². The van der Waals surface area contributed by atoms with E-state index in [0.717, 1.165) is 5.75 Å². The summed E-state index contributed by atoms with van der Waals surface area (Å²) in [4.78, 5) is 12.3. The maximum absolute atomic E-state index is 13.0. The largest absolute Gasteiger partial charge is 0.494 e. The fraction of sp³-hybridized carbons (Fsp3) is 0.188. The molecule has 0 saturated carbocycles. The summed E-state index contributed by atoms with van der Waals surface area (Å²) in [6.07, 6.45) is 0. The SMILES string of the molecule is CCOc1ccc(C(=O)c2ccc(F)cc2C)cc1. The van der Waals surface area contributed by atoms with Gasteiger partial charge in [0.2, 0.25) is 0 Å². The first-order valence-corrected chi connectivity index (χ1v) is 6.15. The van der Waals surface area contributed by atoms with Crippen molar-refractivity contribution in [1.29, 1.82) is 0 Å². The van der Waals surface area contributed by atoms with Crippen LogP contribution in [-0.2, 0) is 0 Å². The van der Waals surface area contributed by atoms with E-state index in [1.165, 1.54) is 18.2 Å². The normalized spacial score (nSPS) is 10.3. The molecule has 0 aliphatic heterocycles. The molecule has 2 aromatic rings. The maximum Gasteiger partial charge on any atom is 0.193 e. The number of ketones is 1. The first kappa shape index (κ1) is 13.3. The highest BCUT2D eigenvalue weighted by Gasteiger charge is 2.12. The zero-order chi connectivity index (χ0) is 13.8. The van der Waals surface area contributed by atoms with Gasteiger partial charge in [-0.3, -0.25) is 4.79 Å². The smallest absolute Gasteiger partial charge is 0.193 e. The van der Waals surface area contributed by atoms with Crippen molar-refractivity contribution in [2.24, 2.45) is 0 Å². The van der Waals surface area contributed by atoms with Gasteiger partial charge < -0.3 is 4.74 Å². The van der Waals surface area contributed by atoms with Gasteiger partial charge in [-0.2, -0.15) is 0 Å². The summed E-state index contributed by atoms with van der Waals surface area (Å²) in [5, 5.41) is 0. The molecule has 0 fully saturated rings. The second kappa shape index (κ2) is 5.65. The zero-order valence-corrected chi connectivity index (χ0v) is 10.9. The summed E-state index contributed by atoms with van der Waals surface area (Å²) in [7, 11) is 0. The highest BCUT2D eigenvalue weighted by atomic mass is 19.1. The van der Waals surface area contributed by atoms with Crippen molar-refractivity contribution in [3.63, 3.8) is 0 Å². The third-order valence-electron chi connectivity index (χ3n) is 2.86. The van der Waals surface area contributed by atoms with Crippen LogP contribution in [0.5, 0.6) is 5.75 Å². The third-order valence-corrected chi connectivity index (χ3v) is 2.86. The standard InChI is InChI=1S/C16H15FO2/c1-3-19-14-7-4-12(5-8-14)16(18)15-9-6-13(17)10-11(15)2/h4-10H,3H2,1-2H3. The Kier molecular flexibility index (Phi) is 3.95. The first-order chi connectivity index (χ1) is 9.11. The van der Waals surface area contributed by atoms with Crippen molar-refractivity contribution in [2.45, 2.75) is 13.8 Å². The number of hydrogen-bond acceptors (Lipinski definition) is 2. The molecule has 0 bridgehead atoms. The molecule has 0 atom stereocenters. The molecule has 0 aliphatic carbocycles. The van der Waals surface area contributed by atoms with Gasteiger partial charge >= 0.3 is 0 Å². The summed E-state index contributed by atoms with van der Waals surface area (Å²) in [5.74, 6) is 0.288. The maximum atomic E-state index is 13.0. The van der Waals surface area contributed by atoms with Gasteiger partial charge in [0.1, 0.15) is 11.6 Å². The van der Waals surface area contributed by atoms with E-state index in [9.17, 15) is 9.18 Å². The van der Waals surface area contributed by atoms with E-state index in [1.54, 1.807) is 31.2 Å². The molecule has 0 amide bonds. The van der Waals surface area contributed by atoms with Crippen molar-refractivity contribution in [3.8, 4) is 5.75 Å². The second-order valence-electron chi connectivity index (χ2n) is 4.25. The summed E-state index contributed by atoms with van der Waals surface area (Å²) < 4.78 is 18.3. The Balaban J connectivity index is 2.28. The molecule has 19 heavy (non-hydrogen) atoms. The molecule has 2 aromatic carbocycles. The van der Waals surface area contributed by atoms with Crippen LogP contribution in [0.4, 0.5) is 4.39 Å². The molecule has 0 aliphatic rings. The number of hydrogen-bond donors (Lipinski definition) is 0. The van der Waals surface area contributed by atoms with Crippen molar-refractivity contribution in [3.05, 3.63) is 65.0 Å². The summed E-state index contributed by atoms with van der Waals surface area (Å²) in [6, 6.07) is 11.1. The predicted molar refractivity (Wildman–Crippen MR) is 72.2 cm³/mol. The van der Waals surface area contributed by atoms with Crippen LogP contribution in [0.3, 0.4) is 0 Å². The van der Waals surface area contributed by atoms with Crippen LogP contribution >= 0.6 is 0 Å². The minimum Gasteiger partial charge on any atom is -0.494 e. The van der Waals surface area contributed by atoms with Gasteiger partial charge in [0, 0.05) is 11.1 Å². The number of carbonyl (C=O) groups excluding carboxylic acids is 1. The van der Waals surface area contributed by atoms with E-state index in [4.69, 9.17) is 4.74 Å². The first-order valence-electron chi connectivity index (χ1n) is 6.15. The Morgan fingerprint density at radius 2 is 1.84 bits per heavy atom. The van der Waals surface area contributed by atoms with Crippen LogP contribution in [0.2, 0.25) is 0 Å². The molecule has 0 aromatic heterocycles. The molecule has 0 heterocycles. The lowest BCUT2D eigenvalue weighted by Crippen LogP contribution is -2.04. The van der Waals surface area contributed by atoms with Gasteiger partial charge in [-0.1, -0.05) is 0 Å². The molecular formula is C16H15FO2. The topological polar surface area (TPSA) is 26.3 Å². The number of benzene rings is 2. The monoisotopic (exact) mass is 258 g/mol. The summed E-state index contributed by atoms with van der Waals surface area (Å²) in [5.41, 5.74) is 1.72. The van der Waals surface area contributed by atoms with E-state index >= 15 is 0 Å². The molecule has 2 rings (SSSR count). The van der Waals surface area contributed by atoms with Gasteiger partial charge in [-0.15, -0.1) is 0 Å². The van der Waals surface area contributed by atoms with Gasteiger partial charge in [0.15, 0.2) is 5.78 Å². The number of halogens is 1. The Hall–Kier alpha value is -2.16. The molecule has 0 unspecified atom stereocenters. The lowest BCUT2D eigenvalue weighted by Gasteiger charge is -2.07.